The molecule has 5 nitrogen and oxygen atoms in total. The predicted octanol–water partition coefficient (Wildman–Crippen LogP) is 5.85. The van der Waals surface area contributed by atoms with Gasteiger partial charge in [-0.25, -0.2) is 0 Å². The van der Waals surface area contributed by atoms with Crippen LogP contribution in [0.3, 0.4) is 0 Å². The number of ether oxygens (including phenoxy) is 1. The summed E-state index contributed by atoms with van der Waals surface area (Å²) in [7, 11) is -1.89. The third-order valence-electron chi connectivity index (χ3n) is 3.54. The second kappa shape index (κ2) is 9.22. The molecule has 1 unspecified atom stereocenters. The molecular formula is C20H28NO4P. The largest absolute Gasteiger partial charge is 0.497 e. The summed E-state index contributed by atoms with van der Waals surface area (Å²) in [6.07, 6.45) is -0.476. The third kappa shape index (κ3) is 5.60. The molecule has 2 aromatic rings. The molecule has 0 aliphatic carbocycles. The summed E-state index contributed by atoms with van der Waals surface area (Å²) in [6.45, 7) is 7.40. The molecular weight excluding hydrogens is 349 g/mol. The van der Waals surface area contributed by atoms with E-state index < -0.39 is 13.4 Å². The van der Waals surface area contributed by atoms with Crippen LogP contribution < -0.4 is 10.1 Å². The molecule has 6 heteroatoms. The molecule has 0 radical (unpaired) electrons. The SMILES string of the molecule is COc1ccc(C(Nc2ccccc2)P(=O)(OC(C)C)OC(C)C)cc1. The number of benzene rings is 2. The van der Waals surface area contributed by atoms with Crippen LogP contribution >= 0.6 is 7.60 Å². The van der Waals surface area contributed by atoms with Gasteiger partial charge >= 0.3 is 7.60 Å². The zero-order valence-corrected chi connectivity index (χ0v) is 16.9. The quantitative estimate of drug-likeness (QED) is 0.556. The molecule has 1 N–H and O–H groups in total. The van der Waals surface area contributed by atoms with Crippen molar-refractivity contribution in [2.45, 2.75) is 45.7 Å². The highest BCUT2D eigenvalue weighted by Gasteiger charge is 2.39. The fourth-order valence-corrected chi connectivity index (χ4v) is 4.87. The summed E-state index contributed by atoms with van der Waals surface area (Å²) in [5.41, 5.74) is 1.65. The van der Waals surface area contributed by atoms with Gasteiger partial charge in [0, 0.05) is 5.69 Å². The number of methoxy groups -OCH3 is 1. The van der Waals surface area contributed by atoms with Crippen molar-refractivity contribution in [3.8, 4) is 5.75 Å². The molecule has 2 aromatic carbocycles. The first-order chi connectivity index (χ1) is 12.3. The van der Waals surface area contributed by atoms with Gasteiger partial charge in [-0.15, -0.1) is 0 Å². The van der Waals surface area contributed by atoms with Gasteiger partial charge in [0.25, 0.3) is 0 Å². The Morgan fingerprint density at radius 1 is 0.846 bits per heavy atom. The van der Waals surface area contributed by atoms with Crippen LogP contribution in [0.15, 0.2) is 54.6 Å². The molecule has 0 aliphatic rings. The van der Waals surface area contributed by atoms with E-state index in [1.807, 2.05) is 82.3 Å². The highest BCUT2D eigenvalue weighted by molar-refractivity contribution is 7.54. The molecule has 1 atom stereocenters. The summed E-state index contributed by atoms with van der Waals surface area (Å²) in [4.78, 5) is 0. The van der Waals surface area contributed by atoms with Crippen LogP contribution in [0.2, 0.25) is 0 Å². The topological polar surface area (TPSA) is 56.8 Å². The zero-order chi connectivity index (χ0) is 19.2. The first-order valence-corrected chi connectivity index (χ1v) is 10.4. The minimum absolute atomic E-state index is 0.238. The maximum absolute atomic E-state index is 13.8. The van der Waals surface area contributed by atoms with Crippen molar-refractivity contribution in [1.29, 1.82) is 0 Å². The Hall–Kier alpha value is -1.81. The standard InChI is InChI=1S/C20H28NO4P/c1-15(2)24-26(22,25-16(3)4)20(21-18-9-7-6-8-10-18)17-11-13-19(23-5)14-12-17/h6-16,20-21H,1-5H3. The van der Waals surface area contributed by atoms with E-state index in [9.17, 15) is 4.57 Å². The van der Waals surface area contributed by atoms with Crippen molar-refractivity contribution in [2.75, 3.05) is 12.4 Å². The molecule has 0 fully saturated rings. The molecule has 0 aliphatic heterocycles. The van der Waals surface area contributed by atoms with Crippen molar-refractivity contribution in [1.82, 2.24) is 0 Å². The van der Waals surface area contributed by atoms with Gasteiger partial charge in [-0.1, -0.05) is 30.3 Å². The Labute approximate surface area is 156 Å². The summed E-state index contributed by atoms with van der Waals surface area (Å²) in [5, 5.41) is 3.33. The lowest BCUT2D eigenvalue weighted by atomic mass is 10.2. The van der Waals surface area contributed by atoms with Crippen LogP contribution in [0.5, 0.6) is 5.75 Å². The van der Waals surface area contributed by atoms with Crippen LogP contribution in [0.25, 0.3) is 0 Å². The Kier molecular flexibility index (Phi) is 7.27. The van der Waals surface area contributed by atoms with E-state index in [0.29, 0.717) is 0 Å². The van der Waals surface area contributed by atoms with Crippen molar-refractivity contribution >= 4 is 13.3 Å². The molecule has 0 bridgehead atoms. The summed E-state index contributed by atoms with van der Waals surface area (Å²) >= 11 is 0. The Morgan fingerprint density at radius 3 is 1.85 bits per heavy atom. The monoisotopic (exact) mass is 377 g/mol. The lowest BCUT2D eigenvalue weighted by molar-refractivity contribution is 0.138. The average molecular weight is 377 g/mol. The number of para-hydroxylation sites is 1. The normalized spacial score (nSPS) is 13.0. The molecule has 0 saturated carbocycles. The van der Waals surface area contributed by atoms with Crippen LogP contribution in [0.1, 0.15) is 39.0 Å². The highest BCUT2D eigenvalue weighted by Crippen LogP contribution is 2.62. The van der Waals surface area contributed by atoms with Gasteiger partial charge in [0.15, 0.2) is 5.78 Å². The highest BCUT2D eigenvalue weighted by atomic mass is 31.2. The first kappa shape index (κ1) is 20.5. The van der Waals surface area contributed by atoms with Crippen LogP contribution in [-0.2, 0) is 13.6 Å². The third-order valence-corrected chi connectivity index (χ3v) is 6.03. The second-order valence-corrected chi connectivity index (χ2v) is 8.55. The van der Waals surface area contributed by atoms with E-state index in [2.05, 4.69) is 5.32 Å². The average Bonchev–Trinajstić information content (AvgIpc) is 2.59. The van der Waals surface area contributed by atoms with Crippen molar-refractivity contribution in [3.63, 3.8) is 0 Å². The van der Waals surface area contributed by atoms with Crippen molar-refractivity contribution in [2.24, 2.45) is 0 Å². The van der Waals surface area contributed by atoms with Crippen LogP contribution in [0.4, 0.5) is 5.69 Å². The molecule has 0 saturated heterocycles. The Morgan fingerprint density at radius 2 is 1.38 bits per heavy atom. The van der Waals surface area contributed by atoms with Crippen molar-refractivity contribution in [3.05, 3.63) is 60.2 Å². The maximum atomic E-state index is 13.8. The van der Waals surface area contributed by atoms with Gasteiger partial charge in [0.2, 0.25) is 0 Å². The van der Waals surface area contributed by atoms with Crippen LogP contribution in [-0.4, -0.2) is 19.3 Å². The molecule has 0 aromatic heterocycles. The lowest BCUT2D eigenvalue weighted by Gasteiger charge is -2.31. The second-order valence-electron chi connectivity index (χ2n) is 6.53. The first-order valence-electron chi connectivity index (χ1n) is 8.76. The minimum atomic E-state index is -3.50. The van der Waals surface area contributed by atoms with Gasteiger partial charge in [-0.2, -0.15) is 0 Å². The van der Waals surface area contributed by atoms with E-state index in [4.69, 9.17) is 13.8 Å². The van der Waals surface area contributed by atoms with E-state index >= 15 is 0 Å². The summed E-state index contributed by atoms with van der Waals surface area (Å²) in [5.74, 6) is 0.0946. The summed E-state index contributed by atoms with van der Waals surface area (Å²) in [6, 6.07) is 17.0. The number of rotatable bonds is 9. The maximum Gasteiger partial charge on any atom is 0.357 e. The number of anilines is 1. The van der Waals surface area contributed by atoms with Gasteiger partial charge in [0.05, 0.1) is 19.3 Å². The summed E-state index contributed by atoms with van der Waals surface area (Å²) < 4.78 is 30.7. The minimum Gasteiger partial charge on any atom is -0.497 e. The molecule has 142 valence electrons. The number of hydrogen-bond acceptors (Lipinski definition) is 5. The van der Waals surface area contributed by atoms with E-state index in [1.54, 1.807) is 7.11 Å². The molecule has 0 amide bonds. The Bertz CT molecular complexity index is 702. The number of hydrogen-bond donors (Lipinski definition) is 1. The molecule has 0 spiro atoms. The predicted molar refractivity (Wildman–Crippen MR) is 106 cm³/mol. The van der Waals surface area contributed by atoms with Gasteiger partial charge in [0.1, 0.15) is 5.75 Å². The van der Waals surface area contributed by atoms with Crippen LogP contribution in [0, 0.1) is 0 Å². The van der Waals surface area contributed by atoms with Gasteiger partial charge in [-0.05, 0) is 57.5 Å². The van der Waals surface area contributed by atoms with Gasteiger partial charge < -0.3 is 19.1 Å². The van der Waals surface area contributed by atoms with Crippen molar-refractivity contribution < 1.29 is 18.3 Å². The fraction of sp³-hybridized carbons (Fsp3) is 0.400. The lowest BCUT2D eigenvalue weighted by Crippen LogP contribution is -2.19. The molecule has 2 rings (SSSR count). The Balaban J connectivity index is 2.46. The van der Waals surface area contributed by atoms with E-state index in [-0.39, 0.29) is 12.2 Å². The van der Waals surface area contributed by atoms with E-state index in [0.717, 1.165) is 17.0 Å². The fourth-order valence-electron chi connectivity index (χ4n) is 2.56. The zero-order valence-electron chi connectivity index (χ0n) is 16.0. The smallest absolute Gasteiger partial charge is 0.357 e. The number of nitrogens with one attached hydrogen (secondary N) is 1. The molecule has 0 heterocycles. The van der Waals surface area contributed by atoms with E-state index in [1.165, 1.54) is 0 Å². The molecule has 26 heavy (non-hydrogen) atoms. The van der Waals surface area contributed by atoms with Gasteiger partial charge in [-0.3, -0.25) is 4.57 Å².